The van der Waals surface area contributed by atoms with Crippen molar-refractivity contribution >= 4 is 29.6 Å². The first-order valence-corrected chi connectivity index (χ1v) is 16.1. The number of carbonyl (C=O) groups is 5. The van der Waals surface area contributed by atoms with Gasteiger partial charge in [0.2, 0.25) is 11.8 Å². The molecule has 1 aliphatic heterocycles. The van der Waals surface area contributed by atoms with E-state index in [-0.39, 0.29) is 37.3 Å². The van der Waals surface area contributed by atoms with E-state index in [0.717, 1.165) is 40.8 Å². The fourth-order valence-corrected chi connectivity index (χ4v) is 5.34. The van der Waals surface area contributed by atoms with Crippen LogP contribution in [0.2, 0.25) is 0 Å². The van der Waals surface area contributed by atoms with Gasteiger partial charge in [-0.2, -0.15) is 13.2 Å². The Morgan fingerprint density at radius 2 is 1.60 bits per heavy atom. The Kier molecular flexibility index (Phi) is 14.1. The number of carbonyl (C=O) groups excluding carboxylic acids is 4. The van der Waals surface area contributed by atoms with Gasteiger partial charge in [-0.1, -0.05) is 51.1 Å². The number of aliphatic hydroxyl groups is 1. The van der Waals surface area contributed by atoms with E-state index in [1.54, 1.807) is 10.8 Å². The fourth-order valence-electron chi connectivity index (χ4n) is 5.34. The summed E-state index contributed by atoms with van der Waals surface area (Å²) < 4.78 is 62.6. The van der Waals surface area contributed by atoms with Gasteiger partial charge in [0.15, 0.2) is 0 Å². The first-order valence-electron chi connectivity index (χ1n) is 16.1. The van der Waals surface area contributed by atoms with Crippen molar-refractivity contribution in [2.45, 2.75) is 52.0 Å². The molecule has 4 amide bonds. The number of benzene rings is 2. The van der Waals surface area contributed by atoms with Gasteiger partial charge in [-0.15, -0.1) is 0 Å². The van der Waals surface area contributed by atoms with Crippen molar-refractivity contribution in [2.24, 2.45) is 11.1 Å². The highest BCUT2D eigenvalue weighted by Crippen LogP contribution is 2.39. The molecular formula is C35H39F5N6O7. The quantitative estimate of drug-likeness (QED) is 0.150. The molecule has 0 saturated carbocycles. The Hall–Kier alpha value is -5.49. The molecule has 1 aromatic heterocycles. The summed E-state index contributed by atoms with van der Waals surface area (Å²) in [6, 6.07) is 10.6. The minimum atomic E-state index is -5.08. The number of aliphatic carboxylic acids is 1. The Balaban J connectivity index is 0.000000980. The molecule has 3 aromatic rings. The molecule has 0 unspecified atom stereocenters. The maximum absolute atomic E-state index is 14.9. The summed E-state index contributed by atoms with van der Waals surface area (Å²) in [5.41, 5.74) is 6.49. The van der Waals surface area contributed by atoms with E-state index in [1.807, 2.05) is 51.1 Å². The number of amides is 4. The monoisotopic (exact) mass is 750 g/mol. The average molecular weight is 751 g/mol. The number of imide groups is 1. The van der Waals surface area contributed by atoms with Gasteiger partial charge >= 0.3 is 12.1 Å². The van der Waals surface area contributed by atoms with Crippen LogP contribution in [0.4, 0.5) is 22.0 Å². The van der Waals surface area contributed by atoms with E-state index in [2.05, 4.69) is 5.32 Å². The third kappa shape index (κ3) is 11.5. The maximum atomic E-state index is 14.9. The average Bonchev–Trinajstić information content (AvgIpc) is 3.64. The second-order valence-corrected chi connectivity index (χ2v) is 12.9. The van der Waals surface area contributed by atoms with Crippen LogP contribution in [0.25, 0.3) is 11.3 Å². The predicted molar refractivity (Wildman–Crippen MR) is 179 cm³/mol. The predicted octanol–water partition coefficient (Wildman–Crippen LogP) is 3.18. The summed E-state index contributed by atoms with van der Waals surface area (Å²) >= 11 is 0. The van der Waals surface area contributed by atoms with Crippen molar-refractivity contribution in [3.8, 4) is 11.3 Å². The van der Waals surface area contributed by atoms with Crippen molar-refractivity contribution < 1.29 is 56.1 Å². The Labute approximate surface area is 300 Å². The molecule has 286 valence electrons. The first kappa shape index (κ1) is 41.9. The van der Waals surface area contributed by atoms with Crippen molar-refractivity contribution in [3.63, 3.8) is 0 Å². The highest BCUT2D eigenvalue weighted by atomic mass is 19.4. The van der Waals surface area contributed by atoms with E-state index in [4.69, 9.17) is 20.6 Å². The number of carboxylic acids is 1. The molecule has 0 saturated heterocycles. The molecule has 4 rings (SSSR count). The van der Waals surface area contributed by atoms with Gasteiger partial charge in [-0.25, -0.2) is 18.6 Å². The molecule has 13 nitrogen and oxygen atoms in total. The van der Waals surface area contributed by atoms with E-state index < -0.39 is 71.5 Å². The maximum Gasteiger partial charge on any atom is 0.490 e. The van der Waals surface area contributed by atoms with Gasteiger partial charge in [0.05, 0.1) is 17.8 Å². The molecule has 1 aliphatic rings. The normalized spacial score (nSPS) is 14.0. The van der Waals surface area contributed by atoms with Crippen LogP contribution in [0.5, 0.6) is 0 Å². The summed E-state index contributed by atoms with van der Waals surface area (Å²) in [5, 5.41) is 19.7. The Morgan fingerprint density at radius 1 is 1.00 bits per heavy atom. The number of rotatable bonds is 13. The molecule has 0 bridgehead atoms. The van der Waals surface area contributed by atoms with Gasteiger partial charge in [0.25, 0.3) is 11.8 Å². The number of nitrogens with two attached hydrogens (primary N) is 1. The van der Waals surface area contributed by atoms with Gasteiger partial charge < -0.3 is 30.7 Å². The molecule has 2 aromatic carbocycles. The summed E-state index contributed by atoms with van der Waals surface area (Å²) in [6.45, 7) is 5.02. The second kappa shape index (κ2) is 17.8. The topological polar surface area (TPSA) is 188 Å². The molecule has 53 heavy (non-hydrogen) atoms. The number of hydrogen-bond acceptors (Lipinski definition) is 8. The Bertz CT molecular complexity index is 1810. The summed E-state index contributed by atoms with van der Waals surface area (Å²) in [7, 11) is 0. The number of halogens is 5. The molecule has 0 fully saturated rings. The van der Waals surface area contributed by atoms with Gasteiger partial charge in [0, 0.05) is 50.1 Å². The van der Waals surface area contributed by atoms with E-state index in [9.17, 15) is 46.2 Å². The third-order valence-electron chi connectivity index (χ3n) is 7.84. The fraction of sp³-hybridized carbons (Fsp3) is 0.371. The first-order chi connectivity index (χ1) is 24.7. The molecule has 0 spiro atoms. The lowest BCUT2D eigenvalue weighted by molar-refractivity contribution is -0.192. The van der Waals surface area contributed by atoms with E-state index in [1.165, 1.54) is 4.90 Å². The van der Waals surface area contributed by atoms with Crippen LogP contribution in [0.15, 0.2) is 66.9 Å². The van der Waals surface area contributed by atoms with E-state index >= 15 is 0 Å². The molecular weight excluding hydrogens is 711 g/mol. The molecule has 0 aliphatic carbocycles. The molecule has 0 radical (unpaired) electrons. The molecule has 5 N–H and O–H groups in total. The molecule has 2 heterocycles. The number of nitrogens with zero attached hydrogens (tertiary/aromatic N) is 4. The van der Waals surface area contributed by atoms with Crippen LogP contribution in [0.1, 0.15) is 44.6 Å². The van der Waals surface area contributed by atoms with Crippen LogP contribution in [0, 0.1) is 17.0 Å². The highest BCUT2D eigenvalue weighted by molar-refractivity contribution is 6.12. The minimum absolute atomic E-state index is 0.00192. The summed E-state index contributed by atoms with van der Waals surface area (Å²) in [6.07, 6.45) is -1.18. The third-order valence-corrected chi connectivity index (χ3v) is 7.84. The number of hydrogen-bond donors (Lipinski definition) is 4. The number of imidazole rings is 1. The number of alkyl halides is 3. The van der Waals surface area contributed by atoms with Crippen molar-refractivity contribution in [3.05, 3.63) is 89.9 Å². The van der Waals surface area contributed by atoms with Gasteiger partial charge in [-0.05, 0) is 35.6 Å². The van der Waals surface area contributed by atoms with Crippen molar-refractivity contribution in [1.82, 2.24) is 24.7 Å². The van der Waals surface area contributed by atoms with Crippen LogP contribution < -0.4 is 11.1 Å². The number of nitrogens with one attached hydrogen (secondary N) is 1. The lowest BCUT2D eigenvalue weighted by atomic mass is 9.84. The zero-order valence-corrected chi connectivity index (χ0v) is 28.9. The molecule has 18 heteroatoms. The lowest BCUT2D eigenvalue weighted by Crippen LogP contribution is -2.48. The number of carboxylic acid groups (broad SMARTS) is 1. The SMILES string of the molecule is CC(C)(C)[C@H](c1nc(-c2cc(F)ccc2F)cn1Cc1ccccc1)N(CC[C@H](N)C(=O)NCCN1C(=O)C=CC1=O)C(=O)CO.O=C(O)C(F)(F)F. The van der Waals surface area contributed by atoms with Crippen LogP contribution >= 0.6 is 0 Å². The zero-order valence-electron chi connectivity index (χ0n) is 28.9. The lowest BCUT2D eigenvalue weighted by Gasteiger charge is -2.40. The van der Waals surface area contributed by atoms with Crippen LogP contribution in [-0.4, -0.2) is 97.6 Å². The van der Waals surface area contributed by atoms with Gasteiger partial charge in [0.1, 0.15) is 24.1 Å². The smallest absolute Gasteiger partial charge is 0.475 e. The van der Waals surface area contributed by atoms with Gasteiger partial charge in [-0.3, -0.25) is 24.1 Å². The largest absolute Gasteiger partial charge is 0.490 e. The van der Waals surface area contributed by atoms with Crippen molar-refractivity contribution in [2.75, 3.05) is 26.2 Å². The number of aromatic nitrogens is 2. The summed E-state index contributed by atoms with van der Waals surface area (Å²) in [4.78, 5) is 65.6. The van der Waals surface area contributed by atoms with Crippen LogP contribution in [0.3, 0.4) is 0 Å². The van der Waals surface area contributed by atoms with Crippen LogP contribution in [-0.2, 0) is 30.5 Å². The molecule has 2 atom stereocenters. The second-order valence-electron chi connectivity index (χ2n) is 12.9. The van der Waals surface area contributed by atoms with E-state index in [0.29, 0.717) is 12.4 Å². The zero-order chi connectivity index (χ0) is 39.7. The van der Waals surface area contributed by atoms with Crippen molar-refractivity contribution in [1.29, 1.82) is 0 Å². The standard InChI is InChI=1S/C33H38F2N6O5.C2HF3O2/c1-33(2,3)30(41(29(45)20-42)15-13-25(36)32(46)37-14-16-40-27(43)11-12-28(40)44)31-38-26(23-17-22(34)9-10-24(23)35)19-39(31)18-21-7-5-4-6-8-21;3-2(4,5)1(6)7/h4-12,17,19,25,30,42H,13-16,18,20,36H2,1-3H3,(H,37,46);(H,6,7)/t25-,30-;/m0./s1. The Morgan fingerprint density at radius 3 is 2.15 bits per heavy atom. The summed E-state index contributed by atoms with van der Waals surface area (Å²) in [5.74, 6) is -5.82. The highest BCUT2D eigenvalue weighted by Gasteiger charge is 2.39. The minimum Gasteiger partial charge on any atom is -0.475 e. The number of aliphatic hydroxyl groups excluding tert-OH is 1.